The van der Waals surface area contributed by atoms with Gasteiger partial charge < -0.3 is 15.5 Å². The van der Waals surface area contributed by atoms with Gasteiger partial charge >= 0.3 is 6.03 Å². The fourth-order valence-electron chi connectivity index (χ4n) is 4.71. The number of amides is 3. The van der Waals surface area contributed by atoms with Gasteiger partial charge in [-0.15, -0.1) is 0 Å². The Hall–Kier alpha value is -3.75. The van der Waals surface area contributed by atoms with Gasteiger partial charge in [-0.1, -0.05) is 19.3 Å². The van der Waals surface area contributed by atoms with Crippen LogP contribution in [0.3, 0.4) is 0 Å². The van der Waals surface area contributed by atoms with E-state index in [0.717, 1.165) is 38.5 Å². The number of aryl methyl sites for hydroxylation is 1. The van der Waals surface area contributed by atoms with Crippen LogP contribution in [0.5, 0.6) is 11.5 Å². The number of nitrogens with zero attached hydrogens (tertiary/aromatic N) is 3. The molecule has 3 amide bonds. The molecule has 1 aliphatic heterocycles. The van der Waals surface area contributed by atoms with E-state index >= 15 is 0 Å². The molecule has 3 heterocycles. The SMILES string of the molecule is CN/C=C(\C=N)c1cc(Oc2ccc(NC(=O)N3CCC4(CCCCC4)C3=O)nc2C)ccn1. The third kappa shape index (κ3) is 4.78. The molecule has 0 unspecified atom stereocenters. The van der Waals surface area contributed by atoms with Crippen molar-refractivity contribution in [2.24, 2.45) is 5.41 Å². The van der Waals surface area contributed by atoms with Crippen LogP contribution >= 0.6 is 0 Å². The van der Waals surface area contributed by atoms with E-state index in [1.165, 1.54) is 11.1 Å². The molecule has 1 saturated carbocycles. The van der Waals surface area contributed by atoms with E-state index in [4.69, 9.17) is 10.1 Å². The zero-order chi connectivity index (χ0) is 24.1. The lowest BCUT2D eigenvalue weighted by molar-refractivity contribution is -0.135. The zero-order valence-electron chi connectivity index (χ0n) is 19.6. The first-order valence-electron chi connectivity index (χ1n) is 11.6. The number of pyridine rings is 2. The molecule has 2 aliphatic rings. The first-order valence-corrected chi connectivity index (χ1v) is 11.6. The fraction of sp³-hybridized carbons (Fsp3) is 0.400. The predicted octanol–water partition coefficient (Wildman–Crippen LogP) is 4.50. The molecule has 2 aromatic heterocycles. The van der Waals surface area contributed by atoms with Gasteiger partial charge in [-0.2, -0.15) is 0 Å². The number of carbonyl (C=O) groups excluding carboxylic acids is 2. The summed E-state index contributed by atoms with van der Waals surface area (Å²) in [5, 5.41) is 13.2. The molecule has 1 aliphatic carbocycles. The molecule has 0 atom stereocenters. The van der Waals surface area contributed by atoms with Crippen LogP contribution < -0.4 is 15.4 Å². The first-order chi connectivity index (χ1) is 16.5. The smallest absolute Gasteiger partial charge is 0.329 e. The molecular weight excluding hydrogens is 432 g/mol. The van der Waals surface area contributed by atoms with E-state index in [0.29, 0.717) is 40.8 Å². The molecule has 2 aromatic rings. The van der Waals surface area contributed by atoms with Crippen LogP contribution in [0.2, 0.25) is 0 Å². The molecule has 1 spiro atoms. The predicted molar refractivity (Wildman–Crippen MR) is 130 cm³/mol. The monoisotopic (exact) mass is 462 g/mol. The molecular formula is C25H30N6O3. The average molecular weight is 463 g/mol. The van der Waals surface area contributed by atoms with Gasteiger partial charge in [0.25, 0.3) is 0 Å². The van der Waals surface area contributed by atoms with E-state index in [2.05, 4.69) is 20.6 Å². The highest BCUT2D eigenvalue weighted by Crippen LogP contribution is 2.44. The van der Waals surface area contributed by atoms with Crippen molar-refractivity contribution in [2.75, 3.05) is 18.9 Å². The first kappa shape index (κ1) is 23.4. The maximum Gasteiger partial charge on any atom is 0.329 e. The second-order valence-electron chi connectivity index (χ2n) is 8.77. The number of ether oxygens (including phenoxy) is 1. The highest BCUT2D eigenvalue weighted by atomic mass is 16.5. The highest BCUT2D eigenvalue weighted by Gasteiger charge is 2.48. The van der Waals surface area contributed by atoms with Crippen molar-refractivity contribution in [3.8, 4) is 11.5 Å². The molecule has 0 bridgehead atoms. The summed E-state index contributed by atoms with van der Waals surface area (Å²) in [6, 6.07) is 6.42. The van der Waals surface area contributed by atoms with Gasteiger partial charge in [0.1, 0.15) is 17.3 Å². The van der Waals surface area contributed by atoms with Gasteiger partial charge in [-0.05, 0) is 44.4 Å². The molecule has 3 N–H and O–H groups in total. The van der Waals surface area contributed by atoms with Crippen LogP contribution in [0.15, 0.2) is 36.7 Å². The highest BCUT2D eigenvalue weighted by molar-refractivity contribution is 6.07. The zero-order valence-corrected chi connectivity index (χ0v) is 19.6. The van der Waals surface area contributed by atoms with Crippen LogP contribution in [0.1, 0.15) is 49.9 Å². The summed E-state index contributed by atoms with van der Waals surface area (Å²) >= 11 is 0. The molecule has 1 saturated heterocycles. The van der Waals surface area contributed by atoms with Crippen LogP contribution in [-0.2, 0) is 4.79 Å². The lowest BCUT2D eigenvalue weighted by Gasteiger charge is -2.31. The van der Waals surface area contributed by atoms with Crippen molar-refractivity contribution in [2.45, 2.75) is 45.4 Å². The molecule has 0 radical (unpaired) electrons. The van der Waals surface area contributed by atoms with Gasteiger partial charge in [-0.25, -0.2) is 9.78 Å². The summed E-state index contributed by atoms with van der Waals surface area (Å²) in [5.74, 6) is 1.40. The van der Waals surface area contributed by atoms with Crippen molar-refractivity contribution < 1.29 is 14.3 Å². The van der Waals surface area contributed by atoms with Gasteiger partial charge in [-0.3, -0.25) is 20.0 Å². The number of likely N-dealkylation sites (tertiary alicyclic amines) is 1. The number of carbonyl (C=O) groups is 2. The third-order valence-corrected chi connectivity index (χ3v) is 6.55. The lowest BCUT2D eigenvalue weighted by Crippen LogP contribution is -2.41. The van der Waals surface area contributed by atoms with Gasteiger partial charge in [0.15, 0.2) is 0 Å². The Kier molecular flexibility index (Phi) is 6.90. The number of rotatable bonds is 6. The minimum Gasteiger partial charge on any atom is -0.455 e. The number of anilines is 1. The van der Waals surface area contributed by atoms with Gasteiger partial charge in [0, 0.05) is 43.8 Å². The topological polar surface area (TPSA) is 120 Å². The number of urea groups is 1. The van der Waals surface area contributed by atoms with E-state index in [1.807, 2.05) is 0 Å². The quantitative estimate of drug-likeness (QED) is 0.544. The van der Waals surface area contributed by atoms with E-state index in [9.17, 15) is 9.59 Å². The Morgan fingerprint density at radius 1 is 1.21 bits per heavy atom. The second-order valence-corrected chi connectivity index (χ2v) is 8.77. The Morgan fingerprint density at radius 2 is 2.00 bits per heavy atom. The third-order valence-electron chi connectivity index (χ3n) is 6.55. The van der Waals surface area contributed by atoms with Gasteiger partial charge in [0.05, 0.1) is 16.8 Å². The largest absolute Gasteiger partial charge is 0.455 e. The number of nitrogens with one attached hydrogen (secondary N) is 3. The Balaban J connectivity index is 1.43. The summed E-state index contributed by atoms with van der Waals surface area (Å²) in [7, 11) is 1.76. The molecule has 4 rings (SSSR count). The lowest BCUT2D eigenvalue weighted by atomic mass is 9.73. The second kappa shape index (κ2) is 10.0. The Labute approximate surface area is 199 Å². The summed E-state index contributed by atoms with van der Waals surface area (Å²) in [6.07, 6.45) is 10.3. The Bertz CT molecular complexity index is 1120. The number of hydrogen-bond acceptors (Lipinski definition) is 7. The van der Waals surface area contributed by atoms with Crippen LogP contribution in [0.25, 0.3) is 5.57 Å². The van der Waals surface area contributed by atoms with Crippen molar-refractivity contribution in [3.63, 3.8) is 0 Å². The Morgan fingerprint density at radius 3 is 2.71 bits per heavy atom. The van der Waals surface area contributed by atoms with Crippen molar-refractivity contribution in [1.29, 1.82) is 5.41 Å². The fourth-order valence-corrected chi connectivity index (χ4v) is 4.71. The van der Waals surface area contributed by atoms with Crippen molar-refractivity contribution >= 4 is 29.5 Å². The van der Waals surface area contributed by atoms with Crippen LogP contribution in [0, 0.1) is 17.7 Å². The van der Waals surface area contributed by atoms with E-state index < -0.39 is 6.03 Å². The summed E-state index contributed by atoms with van der Waals surface area (Å²) < 4.78 is 5.97. The van der Waals surface area contributed by atoms with Crippen molar-refractivity contribution in [3.05, 3.63) is 48.1 Å². The molecule has 2 fully saturated rings. The number of hydrogen-bond donors (Lipinski definition) is 3. The summed E-state index contributed by atoms with van der Waals surface area (Å²) in [5.41, 5.74) is 1.46. The number of imide groups is 1. The molecule has 34 heavy (non-hydrogen) atoms. The van der Waals surface area contributed by atoms with Gasteiger partial charge in [0.2, 0.25) is 5.91 Å². The molecule has 0 aromatic carbocycles. The van der Waals surface area contributed by atoms with E-state index in [1.54, 1.807) is 50.6 Å². The molecule has 9 nitrogen and oxygen atoms in total. The van der Waals surface area contributed by atoms with E-state index in [-0.39, 0.29) is 11.3 Å². The normalized spacial score (nSPS) is 17.5. The maximum atomic E-state index is 13.0. The van der Waals surface area contributed by atoms with Crippen molar-refractivity contribution in [1.82, 2.24) is 20.2 Å². The van der Waals surface area contributed by atoms with Crippen LogP contribution in [-0.4, -0.2) is 46.6 Å². The minimum atomic E-state index is -0.428. The molecule has 178 valence electrons. The maximum absolute atomic E-state index is 13.0. The van der Waals surface area contributed by atoms with Crippen LogP contribution in [0.4, 0.5) is 10.6 Å². The number of allylic oxidation sites excluding steroid dienone is 1. The standard InChI is InChI=1S/C25H30N6O3/c1-17-21(34-19-8-12-28-20(14-19)18(15-26)16-27-2)6-7-22(29-17)30-24(33)31-13-11-25(23(31)32)9-4-3-5-10-25/h6-8,12,14-16,26-27H,3-5,9-11,13H2,1-2H3,(H,29,30,33)/b18-16+,26-15?. The summed E-state index contributed by atoms with van der Waals surface area (Å²) in [4.78, 5) is 35.8. The summed E-state index contributed by atoms with van der Waals surface area (Å²) in [6.45, 7) is 2.24. The number of aromatic nitrogens is 2. The molecule has 9 heteroatoms. The average Bonchev–Trinajstić information content (AvgIpc) is 3.15. The minimum absolute atomic E-state index is 0.0496.